The number of rotatable bonds is 3. The summed E-state index contributed by atoms with van der Waals surface area (Å²) in [7, 11) is 0. The summed E-state index contributed by atoms with van der Waals surface area (Å²) in [4.78, 5) is 24.1. The monoisotopic (exact) mass is 324 g/mol. The number of amides is 1. The number of alkyl halides is 1. The Hall–Kier alpha value is -2.15. The Balaban J connectivity index is 1.85. The number of carbonyl (C=O) groups excluding carboxylic acids is 1. The van der Waals surface area contributed by atoms with Gasteiger partial charge < -0.3 is 14.6 Å². The highest BCUT2D eigenvalue weighted by Gasteiger charge is 2.33. The van der Waals surface area contributed by atoms with Crippen molar-refractivity contribution in [3.05, 3.63) is 30.2 Å². The van der Waals surface area contributed by atoms with E-state index in [1.54, 1.807) is 12.3 Å². The molecule has 1 fully saturated rings. The molecule has 8 heteroatoms. The van der Waals surface area contributed by atoms with Crippen LogP contribution in [0.3, 0.4) is 0 Å². The molecule has 2 atom stereocenters. The maximum absolute atomic E-state index is 14.1. The molecule has 2 aromatic heterocycles. The minimum Gasteiger partial charge on any atom is -0.469 e. The van der Waals surface area contributed by atoms with Crippen LogP contribution in [0, 0.1) is 0 Å². The summed E-state index contributed by atoms with van der Waals surface area (Å²) < 4.78 is 19.8. The molecule has 22 heavy (non-hydrogen) atoms. The first kappa shape index (κ1) is 14.8. The smallest absolute Gasteiger partial charge is 0.246 e. The van der Waals surface area contributed by atoms with Crippen LogP contribution < -0.4 is 4.74 Å². The lowest BCUT2D eigenvalue weighted by Gasteiger charge is -2.34. The highest BCUT2D eigenvalue weighted by atomic mass is 35.5. The molecule has 0 bridgehead atoms. The first-order chi connectivity index (χ1) is 10.6. The maximum atomic E-state index is 14.1. The number of piperidine rings is 1. The predicted molar refractivity (Wildman–Crippen MR) is 79.6 cm³/mol. The second kappa shape index (κ2) is 5.92. The first-order valence-corrected chi connectivity index (χ1v) is 7.19. The Morgan fingerprint density at radius 1 is 1.59 bits per heavy atom. The van der Waals surface area contributed by atoms with Gasteiger partial charge >= 0.3 is 0 Å². The van der Waals surface area contributed by atoms with Crippen LogP contribution in [0.25, 0.3) is 11.0 Å². The normalized spacial score (nSPS) is 21.8. The second-order valence-corrected chi connectivity index (χ2v) is 5.33. The van der Waals surface area contributed by atoms with Crippen LogP contribution in [0.2, 0.25) is 5.28 Å². The summed E-state index contributed by atoms with van der Waals surface area (Å²) in [6.07, 6.45) is 1.10. The van der Waals surface area contributed by atoms with Crippen LogP contribution in [0.4, 0.5) is 4.39 Å². The van der Waals surface area contributed by atoms with E-state index in [2.05, 4.69) is 21.5 Å². The van der Waals surface area contributed by atoms with Crippen LogP contribution in [0.1, 0.15) is 6.42 Å². The van der Waals surface area contributed by atoms with Crippen molar-refractivity contribution in [3.63, 3.8) is 0 Å². The third kappa shape index (κ3) is 2.76. The summed E-state index contributed by atoms with van der Waals surface area (Å²) in [5.74, 6) is -0.0372. The summed E-state index contributed by atoms with van der Waals surface area (Å²) in [5, 5.41) is 0.624. The van der Waals surface area contributed by atoms with Crippen molar-refractivity contribution in [2.24, 2.45) is 0 Å². The number of fused-ring (bicyclic) bond motifs is 1. The van der Waals surface area contributed by atoms with E-state index in [-0.39, 0.29) is 30.0 Å². The number of hydrogen-bond acceptors (Lipinski definition) is 4. The van der Waals surface area contributed by atoms with Gasteiger partial charge in [-0.05, 0) is 30.2 Å². The van der Waals surface area contributed by atoms with E-state index in [1.807, 2.05) is 0 Å². The molecule has 1 saturated heterocycles. The fourth-order valence-corrected chi connectivity index (χ4v) is 2.61. The van der Waals surface area contributed by atoms with Gasteiger partial charge in [0.1, 0.15) is 17.9 Å². The van der Waals surface area contributed by atoms with Gasteiger partial charge in [-0.1, -0.05) is 6.58 Å². The highest BCUT2D eigenvalue weighted by Crippen LogP contribution is 2.27. The fourth-order valence-electron chi connectivity index (χ4n) is 2.45. The van der Waals surface area contributed by atoms with Gasteiger partial charge in [-0.15, -0.1) is 0 Å². The van der Waals surface area contributed by atoms with Crippen molar-refractivity contribution in [2.45, 2.75) is 18.7 Å². The number of carbonyl (C=O) groups is 1. The number of likely N-dealkylation sites (tertiary alicyclic amines) is 1. The van der Waals surface area contributed by atoms with Crippen molar-refractivity contribution in [1.82, 2.24) is 19.9 Å². The molecular weight excluding hydrogens is 311 g/mol. The van der Waals surface area contributed by atoms with E-state index in [0.717, 1.165) is 0 Å². The van der Waals surface area contributed by atoms with Crippen LogP contribution in [0.15, 0.2) is 24.9 Å². The van der Waals surface area contributed by atoms with E-state index in [4.69, 9.17) is 16.3 Å². The Bertz CT molecular complexity index is 720. The number of aromatic nitrogens is 3. The third-order valence-electron chi connectivity index (χ3n) is 3.58. The zero-order valence-corrected chi connectivity index (χ0v) is 12.4. The summed E-state index contributed by atoms with van der Waals surface area (Å²) in [6.45, 7) is 3.92. The van der Waals surface area contributed by atoms with Crippen molar-refractivity contribution in [1.29, 1.82) is 0 Å². The van der Waals surface area contributed by atoms with Gasteiger partial charge in [0.15, 0.2) is 0 Å². The molecule has 0 saturated carbocycles. The minimum atomic E-state index is -1.18. The van der Waals surface area contributed by atoms with E-state index < -0.39 is 12.3 Å². The van der Waals surface area contributed by atoms with E-state index in [1.165, 1.54) is 11.0 Å². The van der Waals surface area contributed by atoms with Gasteiger partial charge in [0, 0.05) is 12.7 Å². The lowest BCUT2D eigenvalue weighted by atomic mass is 10.1. The topological polar surface area (TPSA) is 71.1 Å². The molecule has 6 nitrogen and oxygen atoms in total. The fraction of sp³-hybridized carbons (Fsp3) is 0.357. The number of nitrogens with one attached hydrogen (secondary N) is 1. The van der Waals surface area contributed by atoms with Gasteiger partial charge in [-0.3, -0.25) is 4.79 Å². The zero-order chi connectivity index (χ0) is 15.7. The number of halogens is 2. The lowest BCUT2D eigenvalue weighted by Crippen LogP contribution is -2.49. The number of H-pyrrole nitrogens is 1. The van der Waals surface area contributed by atoms with Gasteiger partial charge in [0.2, 0.25) is 17.1 Å². The maximum Gasteiger partial charge on any atom is 0.246 e. The molecule has 1 N–H and O–H groups in total. The van der Waals surface area contributed by atoms with E-state index in [0.29, 0.717) is 17.6 Å². The largest absolute Gasteiger partial charge is 0.469 e. The Kier molecular flexibility index (Phi) is 3.98. The quantitative estimate of drug-likeness (QED) is 0.693. The number of hydrogen-bond donors (Lipinski definition) is 1. The number of aromatic amines is 1. The molecule has 0 spiro atoms. The van der Waals surface area contributed by atoms with Crippen LogP contribution in [-0.4, -0.2) is 51.1 Å². The molecular formula is C14H14ClFN4O2. The Morgan fingerprint density at radius 2 is 2.41 bits per heavy atom. The molecule has 3 rings (SSSR count). The zero-order valence-electron chi connectivity index (χ0n) is 11.6. The molecule has 2 aromatic rings. The summed E-state index contributed by atoms with van der Waals surface area (Å²) in [5.41, 5.74) is 0.514. The highest BCUT2D eigenvalue weighted by molar-refractivity contribution is 6.28. The molecule has 116 valence electrons. The first-order valence-electron chi connectivity index (χ1n) is 6.81. The molecule has 2 unspecified atom stereocenters. The van der Waals surface area contributed by atoms with Crippen molar-refractivity contribution in [2.75, 3.05) is 13.1 Å². The average Bonchev–Trinajstić information content (AvgIpc) is 2.97. The van der Waals surface area contributed by atoms with Crippen molar-refractivity contribution < 1.29 is 13.9 Å². The SMILES string of the molecule is C=CC(=O)N1CCC(F)C(Oc2nc(Cl)nc3[nH]ccc23)C1. The third-order valence-corrected chi connectivity index (χ3v) is 3.75. The van der Waals surface area contributed by atoms with Gasteiger partial charge in [-0.2, -0.15) is 9.97 Å². The van der Waals surface area contributed by atoms with Crippen molar-refractivity contribution >= 4 is 28.5 Å². The van der Waals surface area contributed by atoms with Gasteiger partial charge in [-0.25, -0.2) is 4.39 Å². The van der Waals surface area contributed by atoms with Gasteiger partial charge in [0.05, 0.1) is 11.9 Å². The van der Waals surface area contributed by atoms with E-state index in [9.17, 15) is 9.18 Å². The van der Waals surface area contributed by atoms with Crippen LogP contribution in [0.5, 0.6) is 5.88 Å². The van der Waals surface area contributed by atoms with Gasteiger partial charge in [0.25, 0.3) is 0 Å². The molecule has 0 radical (unpaired) electrons. The number of nitrogens with zero attached hydrogens (tertiary/aromatic N) is 3. The Labute approximate surface area is 130 Å². The molecule has 1 aliphatic rings. The van der Waals surface area contributed by atoms with Crippen LogP contribution in [-0.2, 0) is 4.79 Å². The Morgan fingerprint density at radius 3 is 3.18 bits per heavy atom. The standard InChI is InChI=1S/C14H14ClFN4O2/c1-2-11(21)20-6-4-9(16)10(7-20)22-13-8-3-5-17-12(8)18-14(15)19-13/h2-3,5,9-10H,1,4,6-7H2,(H,17,18,19). The average molecular weight is 325 g/mol. The molecule has 0 aromatic carbocycles. The molecule has 0 aliphatic carbocycles. The predicted octanol–water partition coefficient (Wildman–Crippen LogP) is 2.12. The lowest BCUT2D eigenvalue weighted by molar-refractivity contribution is -0.130. The number of ether oxygens (including phenoxy) is 1. The van der Waals surface area contributed by atoms with Crippen molar-refractivity contribution in [3.8, 4) is 5.88 Å². The molecule has 3 heterocycles. The molecule has 1 aliphatic heterocycles. The molecule has 1 amide bonds. The minimum absolute atomic E-state index is 0.00944. The summed E-state index contributed by atoms with van der Waals surface area (Å²) >= 11 is 5.84. The van der Waals surface area contributed by atoms with E-state index >= 15 is 0 Å². The van der Waals surface area contributed by atoms with Crippen LogP contribution >= 0.6 is 11.6 Å². The second-order valence-electron chi connectivity index (χ2n) is 4.99. The summed E-state index contributed by atoms with van der Waals surface area (Å²) in [6, 6.07) is 1.73.